The Morgan fingerprint density at radius 1 is 1.24 bits per heavy atom. The molecule has 0 heterocycles. The summed E-state index contributed by atoms with van der Waals surface area (Å²) < 4.78 is 37.9. The summed E-state index contributed by atoms with van der Waals surface area (Å²) in [5, 5.41) is 3.60. The minimum absolute atomic E-state index is 0.162. The molecule has 0 radical (unpaired) electrons. The fraction of sp³-hybridized carbons (Fsp3) is 1.00. The van der Waals surface area contributed by atoms with Crippen LogP contribution in [0.3, 0.4) is 0 Å². The molecule has 0 aromatic rings. The van der Waals surface area contributed by atoms with Crippen LogP contribution in [0.2, 0.25) is 0 Å². The number of rotatable bonds is 7. The van der Waals surface area contributed by atoms with E-state index in [9.17, 15) is 13.2 Å². The van der Waals surface area contributed by atoms with Crippen LogP contribution < -0.4 is 5.32 Å². The van der Waals surface area contributed by atoms with Crippen molar-refractivity contribution in [2.45, 2.75) is 65.6 Å². The van der Waals surface area contributed by atoms with E-state index in [0.29, 0.717) is 25.0 Å². The van der Waals surface area contributed by atoms with Gasteiger partial charge in [0, 0.05) is 12.6 Å². The van der Waals surface area contributed by atoms with Crippen molar-refractivity contribution in [2.24, 2.45) is 11.3 Å². The Bertz CT molecular complexity index is 302. The van der Waals surface area contributed by atoms with Gasteiger partial charge in [0.05, 0.1) is 6.54 Å². The summed E-state index contributed by atoms with van der Waals surface area (Å²) in [6.45, 7) is 9.57. The third-order valence-electron chi connectivity index (χ3n) is 4.67. The third kappa shape index (κ3) is 6.15. The first-order chi connectivity index (χ1) is 9.69. The summed E-state index contributed by atoms with van der Waals surface area (Å²) in [4.78, 5) is 1.55. The van der Waals surface area contributed by atoms with E-state index in [1.165, 1.54) is 0 Å². The monoisotopic (exact) mass is 308 g/mol. The normalized spacial score (nSPS) is 26.3. The summed E-state index contributed by atoms with van der Waals surface area (Å²) in [5.74, 6) is 0.308. The van der Waals surface area contributed by atoms with Crippen molar-refractivity contribution in [3.8, 4) is 0 Å². The number of halogens is 3. The molecule has 0 bridgehead atoms. The van der Waals surface area contributed by atoms with Gasteiger partial charge in [0.15, 0.2) is 0 Å². The van der Waals surface area contributed by atoms with E-state index in [1.807, 2.05) is 6.92 Å². The molecule has 21 heavy (non-hydrogen) atoms. The second-order valence-electron chi connectivity index (χ2n) is 7.02. The van der Waals surface area contributed by atoms with E-state index in [-0.39, 0.29) is 5.41 Å². The maximum Gasteiger partial charge on any atom is 0.401 e. The highest BCUT2D eigenvalue weighted by molar-refractivity contribution is 4.94. The lowest BCUT2D eigenvalue weighted by atomic mass is 9.67. The molecule has 1 aliphatic carbocycles. The van der Waals surface area contributed by atoms with Crippen LogP contribution in [-0.2, 0) is 0 Å². The Morgan fingerprint density at radius 3 is 2.43 bits per heavy atom. The SMILES string of the molecule is CCCNC1C(CN(CC)CC(F)(F)F)CCCC1(C)C. The Hall–Kier alpha value is -0.290. The standard InChI is InChI=1S/C16H31F3N2/c1-5-10-20-14-13(8-7-9-15(14,3)4)11-21(6-2)12-16(17,18)19/h13-14,20H,5-12H2,1-4H3. The highest BCUT2D eigenvalue weighted by Gasteiger charge is 2.40. The van der Waals surface area contributed by atoms with Crippen molar-refractivity contribution >= 4 is 0 Å². The first kappa shape index (κ1) is 18.8. The average molecular weight is 308 g/mol. The summed E-state index contributed by atoms with van der Waals surface area (Å²) in [5.41, 5.74) is 0.162. The van der Waals surface area contributed by atoms with Crippen LogP contribution in [0.4, 0.5) is 13.2 Å². The first-order valence-electron chi connectivity index (χ1n) is 8.22. The largest absolute Gasteiger partial charge is 0.401 e. The van der Waals surface area contributed by atoms with Crippen LogP contribution in [0.25, 0.3) is 0 Å². The Morgan fingerprint density at radius 2 is 1.90 bits per heavy atom. The smallest absolute Gasteiger partial charge is 0.313 e. The van der Waals surface area contributed by atoms with Gasteiger partial charge in [-0.2, -0.15) is 13.2 Å². The number of hydrogen-bond acceptors (Lipinski definition) is 2. The van der Waals surface area contributed by atoms with E-state index in [4.69, 9.17) is 0 Å². The molecule has 0 spiro atoms. The lowest BCUT2D eigenvalue weighted by Gasteiger charge is -2.46. The van der Waals surface area contributed by atoms with Crippen molar-refractivity contribution in [3.05, 3.63) is 0 Å². The lowest BCUT2D eigenvalue weighted by Crippen LogP contribution is -2.53. The molecule has 0 aromatic carbocycles. The molecule has 2 atom stereocenters. The fourth-order valence-corrected chi connectivity index (χ4v) is 3.61. The number of hydrogen-bond donors (Lipinski definition) is 1. The van der Waals surface area contributed by atoms with E-state index in [2.05, 4.69) is 26.1 Å². The lowest BCUT2D eigenvalue weighted by molar-refractivity contribution is -0.147. The predicted octanol–water partition coefficient (Wildman–Crippen LogP) is 4.07. The molecule has 5 heteroatoms. The molecule has 126 valence electrons. The molecule has 0 amide bonds. The summed E-state index contributed by atoms with van der Waals surface area (Å²) in [6.07, 6.45) is 0.243. The summed E-state index contributed by atoms with van der Waals surface area (Å²) >= 11 is 0. The van der Waals surface area contributed by atoms with Crippen LogP contribution in [-0.4, -0.2) is 43.3 Å². The Labute approximate surface area is 127 Å². The average Bonchev–Trinajstić information content (AvgIpc) is 2.35. The van der Waals surface area contributed by atoms with Gasteiger partial charge in [-0.25, -0.2) is 0 Å². The molecular weight excluding hydrogens is 277 g/mol. The zero-order chi connectivity index (χ0) is 16.1. The topological polar surface area (TPSA) is 15.3 Å². The van der Waals surface area contributed by atoms with Crippen molar-refractivity contribution in [1.82, 2.24) is 10.2 Å². The van der Waals surface area contributed by atoms with Gasteiger partial charge in [-0.15, -0.1) is 0 Å². The maximum absolute atomic E-state index is 12.6. The van der Waals surface area contributed by atoms with Crippen LogP contribution in [0, 0.1) is 11.3 Å². The predicted molar refractivity (Wildman–Crippen MR) is 81.4 cm³/mol. The molecule has 1 saturated carbocycles. The highest BCUT2D eigenvalue weighted by Crippen LogP contribution is 2.39. The minimum Gasteiger partial charge on any atom is -0.313 e. The fourth-order valence-electron chi connectivity index (χ4n) is 3.61. The molecule has 0 saturated heterocycles. The molecule has 1 rings (SSSR count). The van der Waals surface area contributed by atoms with Gasteiger partial charge >= 0.3 is 6.18 Å². The van der Waals surface area contributed by atoms with E-state index < -0.39 is 12.7 Å². The first-order valence-corrected chi connectivity index (χ1v) is 8.22. The molecule has 0 aromatic heterocycles. The second kappa shape index (κ2) is 7.82. The number of alkyl halides is 3. The molecular formula is C16H31F3N2. The van der Waals surface area contributed by atoms with Crippen molar-refractivity contribution in [2.75, 3.05) is 26.2 Å². The summed E-state index contributed by atoms with van der Waals surface area (Å²) in [7, 11) is 0. The highest BCUT2D eigenvalue weighted by atomic mass is 19.4. The van der Waals surface area contributed by atoms with Crippen molar-refractivity contribution in [3.63, 3.8) is 0 Å². The quantitative estimate of drug-likeness (QED) is 0.763. The van der Waals surface area contributed by atoms with Gasteiger partial charge in [0.2, 0.25) is 0 Å². The van der Waals surface area contributed by atoms with Crippen molar-refractivity contribution < 1.29 is 13.2 Å². The molecule has 1 aliphatic rings. The molecule has 2 unspecified atom stereocenters. The molecule has 2 nitrogen and oxygen atoms in total. The summed E-state index contributed by atoms with van der Waals surface area (Å²) in [6, 6.07) is 0.313. The second-order valence-corrected chi connectivity index (χ2v) is 7.02. The van der Waals surface area contributed by atoms with E-state index >= 15 is 0 Å². The van der Waals surface area contributed by atoms with E-state index in [1.54, 1.807) is 4.90 Å². The van der Waals surface area contributed by atoms with Gasteiger partial charge in [-0.1, -0.05) is 34.1 Å². The van der Waals surface area contributed by atoms with Gasteiger partial charge in [0.1, 0.15) is 0 Å². The molecule has 0 aliphatic heterocycles. The van der Waals surface area contributed by atoms with Gasteiger partial charge in [-0.3, -0.25) is 4.90 Å². The number of nitrogens with zero attached hydrogens (tertiary/aromatic N) is 1. The van der Waals surface area contributed by atoms with Gasteiger partial charge < -0.3 is 5.32 Å². The molecule has 1 fully saturated rings. The van der Waals surface area contributed by atoms with Crippen LogP contribution >= 0.6 is 0 Å². The van der Waals surface area contributed by atoms with Crippen LogP contribution in [0.5, 0.6) is 0 Å². The van der Waals surface area contributed by atoms with Gasteiger partial charge in [0.25, 0.3) is 0 Å². The number of nitrogens with one attached hydrogen (secondary N) is 1. The van der Waals surface area contributed by atoms with Crippen LogP contribution in [0.1, 0.15) is 53.4 Å². The minimum atomic E-state index is -4.10. The Kier molecular flexibility index (Phi) is 6.98. The third-order valence-corrected chi connectivity index (χ3v) is 4.67. The zero-order valence-corrected chi connectivity index (χ0v) is 13.9. The maximum atomic E-state index is 12.6. The van der Waals surface area contributed by atoms with Gasteiger partial charge in [-0.05, 0) is 43.7 Å². The van der Waals surface area contributed by atoms with Crippen LogP contribution in [0.15, 0.2) is 0 Å². The molecule has 1 N–H and O–H groups in total. The van der Waals surface area contributed by atoms with Crippen molar-refractivity contribution in [1.29, 1.82) is 0 Å². The van der Waals surface area contributed by atoms with E-state index in [0.717, 1.165) is 32.2 Å². The Balaban J connectivity index is 2.71. The zero-order valence-electron chi connectivity index (χ0n) is 13.9.